The molecule has 1 atom stereocenters. The van der Waals surface area contributed by atoms with Gasteiger partial charge in [-0.15, -0.1) is 6.42 Å². The number of rotatable bonds is 19. The fraction of sp³-hybridized carbons (Fsp3) is 0.626. The summed E-state index contributed by atoms with van der Waals surface area (Å²) in [4.78, 5) is 13.5. The Balaban J connectivity index is 0.000000253. The monoisotopic (exact) mass is 1470 g/mol. The zero-order valence-electron chi connectivity index (χ0n) is 69.7. The van der Waals surface area contributed by atoms with Crippen molar-refractivity contribution in [1.29, 1.82) is 0 Å². The summed E-state index contributed by atoms with van der Waals surface area (Å²) in [6.45, 7) is 54.5. The largest absolute Gasteiger partial charge is 0.491 e. The molecule has 0 bridgehead atoms. The molecule has 5 aromatic rings. The number of halogens is 1. The second kappa shape index (κ2) is 50.5. The van der Waals surface area contributed by atoms with Crippen LogP contribution in [0, 0.1) is 36.9 Å². The van der Waals surface area contributed by atoms with Gasteiger partial charge in [-0.25, -0.2) is 4.39 Å². The van der Waals surface area contributed by atoms with E-state index in [4.69, 9.17) is 44.3 Å². The third-order valence-electron chi connectivity index (χ3n) is 18.0. The summed E-state index contributed by atoms with van der Waals surface area (Å²) in [6, 6.07) is 36.3. The van der Waals surface area contributed by atoms with E-state index < -0.39 is 0 Å². The average Bonchev–Trinajstić information content (AvgIpc) is 1.17. The number of nitrogens with one attached hydrogen (secondary N) is 2. The molecule has 14 nitrogen and oxygen atoms in total. The lowest BCUT2D eigenvalue weighted by Crippen LogP contribution is -2.38. The molecule has 592 valence electrons. The molecule has 7 aliphatic rings. The van der Waals surface area contributed by atoms with Gasteiger partial charge in [0, 0.05) is 60.3 Å². The summed E-state index contributed by atoms with van der Waals surface area (Å²) in [5.74, 6) is 5.96. The highest BCUT2D eigenvalue weighted by Gasteiger charge is 2.25. The second-order valence-electron chi connectivity index (χ2n) is 32.3. The van der Waals surface area contributed by atoms with Crippen LogP contribution in [0.1, 0.15) is 237 Å². The number of nitrogens with zero attached hydrogens (tertiary/aromatic N) is 4. The highest BCUT2D eigenvalue weighted by atomic mass is 19.1. The van der Waals surface area contributed by atoms with Crippen molar-refractivity contribution in [2.45, 2.75) is 302 Å². The molecule has 0 aromatic heterocycles. The number of terminal acetylenes is 1. The molecule has 3 fully saturated rings. The Morgan fingerprint density at radius 3 is 1.82 bits per heavy atom. The summed E-state index contributed by atoms with van der Waals surface area (Å²) in [6.07, 6.45) is 27.0. The van der Waals surface area contributed by atoms with E-state index in [-0.39, 0.29) is 42.1 Å². The van der Waals surface area contributed by atoms with Crippen LogP contribution in [0.4, 0.5) is 15.8 Å². The molecule has 2 aliphatic carbocycles. The standard InChI is InChI=1S/C12H17N.C12H16O3.C12H14O.C11H23NO.C10H14FN.C10H12N2O.C8H17N.C8H16O.C8H14O/c1-10(2)13-9-5-7-11-6-3-4-8-12(11)13;1-9(2)13-8-12-14-7-10-5-3-4-6-11(10)15-12;1-4-11-5-7-12(8-6-11)9-13-10(2)3;1-11(2,3)13-9-6-10-4-7-12-8-5-10;1-7(2)12-10-8(3)5-4-6-9(10)11;1-7(2)13-8-3-4-9-10(5-8)12-6-11-9;1-8(2,3)9-6-4-5-7-9;1-7(2)9-6-8-4-3-5-8;1-7(2)9-8-5-3-4-6-8/h3-4,6,8,10H,5,7,9H2,1-2H3;3-6,9,12H,7-8H2,1-2H3;1,5-8,10H,9H2,2-3H3;10,12H,4-9H2,1-3H3;4-7,12H,1-3H3;3-5,7H,6H2,1-2H3;4-7H2,1-3H3;7-8H,3-6H2,1-2H3;3-4,7-8H,5-6H2,1-2H3. The molecule has 15 heteroatoms. The summed E-state index contributed by atoms with van der Waals surface area (Å²) in [5.41, 5.74) is 8.14. The maximum absolute atomic E-state index is 13.1. The Kier molecular flexibility index (Phi) is 43.9. The summed E-state index contributed by atoms with van der Waals surface area (Å²) in [7, 11) is 0. The van der Waals surface area contributed by atoms with E-state index in [1.807, 2.05) is 135 Å². The molecule has 2 saturated heterocycles. The summed E-state index contributed by atoms with van der Waals surface area (Å²) < 4.78 is 57.4. The minimum absolute atomic E-state index is 0.0346. The van der Waals surface area contributed by atoms with Gasteiger partial charge in [-0.05, 0) is 313 Å². The van der Waals surface area contributed by atoms with Crippen molar-refractivity contribution < 1.29 is 42.3 Å². The fourth-order valence-electron chi connectivity index (χ4n) is 12.1. The molecule has 1 unspecified atom stereocenters. The molecule has 12 rings (SSSR count). The van der Waals surface area contributed by atoms with Gasteiger partial charge in [0.15, 0.2) is 0 Å². The van der Waals surface area contributed by atoms with E-state index in [1.165, 1.54) is 114 Å². The quantitative estimate of drug-likeness (QED) is 0.0603. The normalized spacial score (nSPS) is 16.7. The Bertz CT molecular complexity index is 3330. The Morgan fingerprint density at radius 2 is 1.26 bits per heavy atom. The topological polar surface area (TPSA) is 129 Å². The van der Waals surface area contributed by atoms with Crippen LogP contribution in [0.15, 0.2) is 131 Å². The number of likely N-dealkylation sites (tertiary alicyclic amines) is 1. The van der Waals surface area contributed by atoms with Gasteiger partial charge in [-0.1, -0.05) is 85.2 Å². The van der Waals surface area contributed by atoms with Crippen LogP contribution in [0.5, 0.6) is 11.5 Å². The molecule has 5 aromatic carbocycles. The molecule has 0 amide bonds. The van der Waals surface area contributed by atoms with Crippen LogP contribution in [-0.4, -0.2) is 130 Å². The van der Waals surface area contributed by atoms with Crippen LogP contribution in [0.3, 0.4) is 0 Å². The van der Waals surface area contributed by atoms with Crippen molar-refractivity contribution in [3.8, 4) is 23.8 Å². The summed E-state index contributed by atoms with van der Waals surface area (Å²) >= 11 is 0. The van der Waals surface area contributed by atoms with Gasteiger partial charge < -0.3 is 53.4 Å². The van der Waals surface area contributed by atoms with E-state index in [0.29, 0.717) is 62.1 Å². The number of para-hydroxylation sites is 3. The maximum atomic E-state index is 13.1. The van der Waals surface area contributed by atoms with Crippen LogP contribution < -0.4 is 35.7 Å². The van der Waals surface area contributed by atoms with Gasteiger partial charge in [-0.3, -0.25) is 14.9 Å². The van der Waals surface area contributed by atoms with E-state index in [0.717, 1.165) is 82.4 Å². The third-order valence-corrected chi connectivity index (χ3v) is 18.0. The van der Waals surface area contributed by atoms with Gasteiger partial charge >= 0.3 is 0 Å². The van der Waals surface area contributed by atoms with Gasteiger partial charge in [-0.2, -0.15) is 0 Å². The zero-order chi connectivity index (χ0) is 78.0. The minimum atomic E-state index is -0.276. The minimum Gasteiger partial charge on any atom is -0.491 e. The Morgan fingerprint density at radius 1 is 0.642 bits per heavy atom. The predicted octanol–water partition coefficient (Wildman–Crippen LogP) is 19.8. The van der Waals surface area contributed by atoms with Crippen molar-refractivity contribution in [2.75, 3.05) is 69.4 Å². The van der Waals surface area contributed by atoms with E-state index >= 15 is 0 Å². The lowest BCUT2D eigenvalue weighted by molar-refractivity contribution is -0.150. The zero-order valence-corrected chi connectivity index (χ0v) is 69.7. The molecular formula is C91H143FN6O8. The number of hydrogen-bond acceptors (Lipinski definition) is 14. The second-order valence-corrected chi connectivity index (χ2v) is 32.3. The van der Waals surface area contributed by atoms with Gasteiger partial charge in [0.05, 0.1) is 71.8 Å². The molecule has 2 N–H and O–H groups in total. The molecule has 5 aliphatic heterocycles. The van der Waals surface area contributed by atoms with Gasteiger partial charge in [0.1, 0.15) is 30.6 Å². The molecular weight excluding hydrogens is 1320 g/mol. The van der Waals surface area contributed by atoms with E-state index in [9.17, 15) is 4.39 Å². The van der Waals surface area contributed by atoms with Crippen LogP contribution in [0.25, 0.3) is 0 Å². The van der Waals surface area contributed by atoms with Crippen LogP contribution in [-0.2, 0) is 48.1 Å². The number of aryl methyl sites for hydroxylation is 2. The van der Waals surface area contributed by atoms with Crippen molar-refractivity contribution in [3.63, 3.8) is 0 Å². The molecule has 1 saturated carbocycles. The predicted molar refractivity (Wildman–Crippen MR) is 441 cm³/mol. The Labute approximate surface area is 643 Å². The third kappa shape index (κ3) is 39.8. The number of hydrogen-bond donors (Lipinski definition) is 2. The first-order chi connectivity index (χ1) is 50.4. The highest BCUT2D eigenvalue weighted by Crippen LogP contribution is 2.30. The molecule has 106 heavy (non-hydrogen) atoms. The van der Waals surface area contributed by atoms with Gasteiger partial charge in [0.25, 0.3) is 0 Å². The average molecular weight is 1470 g/mol. The lowest BCUT2D eigenvalue weighted by atomic mass is 9.86. The Hall–Kier alpha value is -6.19. The molecule has 0 radical (unpaired) electrons. The lowest BCUT2D eigenvalue weighted by Gasteiger charge is -2.34. The van der Waals surface area contributed by atoms with E-state index in [2.05, 4.69) is 156 Å². The van der Waals surface area contributed by atoms with Crippen molar-refractivity contribution in [3.05, 3.63) is 166 Å². The maximum Gasteiger partial charge on any atom is 0.223 e. The number of fused-ring (bicyclic) bond motifs is 3. The first-order valence-corrected chi connectivity index (χ1v) is 40.1. The number of benzene rings is 5. The molecule has 5 heterocycles. The fourth-order valence-corrected chi connectivity index (χ4v) is 12.1. The molecule has 0 spiro atoms. The summed E-state index contributed by atoms with van der Waals surface area (Å²) in [5, 5.41) is 8.36. The number of ether oxygens (including phenoxy) is 8. The number of anilines is 2. The smallest absolute Gasteiger partial charge is 0.223 e. The first-order valence-electron chi connectivity index (χ1n) is 40.1. The van der Waals surface area contributed by atoms with Crippen molar-refractivity contribution in [1.82, 2.24) is 10.2 Å². The highest BCUT2D eigenvalue weighted by molar-refractivity contribution is 5.56. The first kappa shape index (κ1) is 92.2. The number of piperidine rings is 1. The van der Waals surface area contributed by atoms with E-state index in [1.54, 1.807) is 6.07 Å². The SMILES string of the molecule is C#Cc1ccc(COC(C)C)cc1.CC(C)(C)N1CCCC1.CC(C)(C)OCCC1CCNCC1.CC(C)N1CCCc2ccccc21.CC(C)OC1CC=CC1.CC(C)OCC1CCC1.CC(C)OCC1OCc2ccccc2O1.CC(C)Oc1ccc2c(c1)=NCN=2.Cc1cccc(F)c1NC(C)C. The van der Waals surface area contributed by atoms with Crippen molar-refractivity contribution in [2.24, 2.45) is 21.8 Å². The van der Waals surface area contributed by atoms with Crippen LogP contribution >= 0.6 is 0 Å². The van der Waals surface area contributed by atoms with Crippen LogP contribution in [0.2, 0.25) is 0 Å². The van der Waals surface area contributed by atoms with Crippen molar-refractivity contribution >= 4 is 11.4 Å². The van der Waals surface area contributed by atoms with Gasteiger partial charge in [0.2, 0.25) is 6.29 Å².